The van der Waals surface area contributed by atoms with Crippen molar-refractivity contribution in [2.75, 3.05) is 26.3 Å². The molecule has 0 aliphatic heterocycles. The van der Waals surface area contributed by atoms with Crippen LogP contribution in [0.2, 0.25) is 5.02 Å². The number of aliphatic hydroxyl groups excluding tert-OH is 2. The van der Waals surface area contributed by atoms with Gasteiger partial charge >= 0.3 is 0 Å². The van der Waals surface area contributed by atoms with E-state index in [2.05, 4.69) is 0 Å². The number of halogens is 2. The SMILES string of the molecule is OCCCN(CCO)Cc1ccc(Cl)c(F)c1. The highest BCUT2D eigenvalue weighted by Gasteiger charge is 2.07. The molecule has 1 aromatic carbocycles. The van der Waals surface area contributed by atoms with E-state index in [9.17, 15) is 4.39 Å². The minimum Gasteiger partial charge on any atom is -0.396 e. The van der Waals surface area contributed by atoms with Crippen LogP contribution in [0.4, 0.5) is 4.39 Å². The molecule has 0 heterocycles. The highest BCUT2D eigenvalue weighted by atomic mass is 35.5. The Morgan fingerprint density at radius 3 is 2.53 bits per heavy atom. The van der Waals surface area contributed by atoms with Crippen LogP contribution in [0.25, 0.3) is 0 Å². The topological polar surface area (TPSA) is 43.7 Å². The van der Waals surface area contributed by atoms with Crippen LogP contribution in [-0.4, -0.2) is 41.4 Å². The Morgan fingerprint density at radius 1 is 1.18 bits per heavy atom. The van der Waals surface area contributed by atoms with Gasteiger partial charge in [0.1, 0.15) is 5.82 Å². The first-order valence-electron chi connectivity index (χ1n) is 5.55. The number of aliphatic hydroxyl groups is 2. The van der Waals surface area contributed by atoms with Gasteiger partial charge in [-0.05, 0) is 24.1 Å². The molecular formula is C12H17ClFNO2. The standard InChI is InChI=1S/C12H17ClFNO2/c13-11-3-2-10(8-12(11)14)9-15(5-7-17)4-1-6-16/h2-3,8,16-17H,1,4-7,9H2. The van der Waals surface area contributed by atoms with Crippen LogP contribution in [0.1, 0.15) is 12.0 Å². The molecule has 0 fully saturated rings. The maximum atomic E-state index is 13.2. The summed E-state index contributed by atoms with van der Waals surface area (Å²) < 4.78 is 13.2. The summed E-state index contributed by atoms with van der Waals surface area (Å²) in [6, 6.07) is 4.68. The van der Waals surface area contributed by atoms with Gasteiger partial charge in [0.15, 0.2) is 0 Å². The van der Waals surface area contributed by atoms with E-state index < -0.39 is 5.82 Å². The summed E-state index contributed by atoms with van der Waals surface area (Å²) in [5, 5.41) is 17.8. The molecule has 0 saturated heterocycles. The Morgan fingerprint density at radius 2 is 1.94 bits per heavy atom. The number of rotatable bonds is 7. The molecule has 0 spiro atoms. The normalized spacial score (nSPS) is 11.1. The molecule has 0 aliphatic carbocycles. The van der Waals surface area contributed by atoms with Crippen molar-refractivity contribution in [2.24, 2.45) is 0 Å². The molecule has 17 heavy (non-hydrogen) atoms. The summed E-state index contributed by atoms with van der Waals surface area (Å²) >= 11 is 5.60. The number of benzene rings is 1. The van der Waals surface area contributed by atoms with Crippen molar-refractivity contribution < 1.29 is 14.6 Å². The van der Waals surface area contributed by atoms with Gasteiger partial charge in [-0.1, -0.05) is 17.7 Å². The zero-order chi connectivity index (χ0) is 12.7. The van der Waals surface area contributed by atoms with Crippen LogP contribution in [0, 0.1) is 5.82 Å². The van der Waals surface area contributed by atoms with Crippen molar-refractivity contribution in [3.8, 4) is 0 Å². The van der Waals surface area contributed by atoms with Gasteiger partial charge in [0.25, 0.3) is 0 Å². The summed E-state index contributed by atoms with van der Waals surface area (Å²) in [6.07, 6.45) is 0.635. The third-order valence-corrected chi connectivity index (χ3v) is 2.75. The first-order valence-corrected chi connectivity index (χ1v) is 5.93. The molecule has 0 bridgehead atoms. The Bertz CT molecular complexity index is 349. The minimum atomic E-state index is -0.435. The van der Waals surface area contributed by atoms with Gasteiger partial charge in [-0.3, -0.25) is 4.90 Å². The Kier molecular flexibility index (Phi) is 6.44. The molecule has 2 N–H and O–H groups in total. The molecule has 0 amide bonds. The lowest BCUT2D eigenvalue weighted by molar-refractivity contribution is 0.174. The lowest BCUT2D eigenvalue weighted by Gasteiger charge is -2.21. The average Bonchev–Trinajstić information content (AvgIpc) is 2.31. The van der Waals surface area contributed by atoms with Crippen LogP contribution in [0.3, 0.4) is 0 Å². The second-order valence-electron chi connectivity index (χ2n) is 3.83. The van der Waals surface area contributed by atoms with Crippen LogP contribution < -0.4 is 0 Å². The molecule has 0 unspecified atom stereocenters. The van der Waals surface area contributed by atoms with E-state index in [0.29, 0.717) is 26.1 Å². The molecule has 0 atom stereocenters. The molecule has 0 radical (unpaired) electrons. The third kappa shape index (κ3) is 5.00. The Hall–Kier alpha value is -0.680. The third-order valence-electron chi connectivity index (χ3n) is 2.44. The van der Waals surface area contributed by atoms with Gasteiger partial charge in [0.2, 0.25) is 0 Å². The maximum Gasteiger partial charge on any atom is 0.142 e. The lowest BCUT2D eigenvalue weighted by atomic mass is 10.2. The Labute approximate surface area is 105 Å². The van der Waals surface area contributed by atoms with Crippen LogP contribution in [0.5, 0.6) is 0 Å². The number of hydrogen-bond acceptors (Lipinski definition) is 3. The van der Waals surface area contributed by atoms with Crippen molar-refractivity contribution in [1.29, 1.82) is 0 Å². The molecule has 0 aromatic heterocycles. The predicted molar refractivity (Wildman–Crippen MR) is 65.5 cm³/mol. The van der Waals surface area contributed by atoms with Crippen molar-refractivity contribution >= 4 is 11.6 Å². The number of hydrogen-bond donors (Lipinski definition) is 2. The van der Waals surface area contributed by atoms with E-state index in [1.807, 2.05) is 4.90 Å². The van der Waals surface area contributed by atoms with Gasteiger partial charge in [0, 0.05) is 26.2 Å². The predicted octanol–water partition coefficient (Wildman–Crippen LogP) is 1.66. The quantitative estimate of drug-likeness (QED) is 0.785. The van der Waals surface area contributed by atoms with E-state index >= 15 is 0 Å². The van der Waals surface area contributed by atoms with Crippen molar-refractivity contribution in [2.45, 2.75) is 13.0 Å². The summed E-state index contributed by atoms with van der Waals surface area (Å²) in [7, 11) is 0. The molecule has 0 aliphatic rings. The van der Waals surface area contributed by atoms with E-state index in [0.717, 1.165) is 5.56 Å². The second kappa shape index (κ2) is 7.61. The molecule has 96 valence electrons. The second-order valence-corrected chi connectivity index (χ2v) is 4.23. The van der Waals surface area contributed by atoms with Gasteiger partial charge in [-0.2, -0.15) is 0 Å². The molecule has 5 heteroatoms. The zero-order valence-electron chi connectivity index (χ0n) is 9.57. The van der Waals surface area contributed by atoms with E-state index in [1.54, 1.807) is 6.07 Å². The fourth-order valence-corrected chi connectivity index (χ4v) is 1.72. The van der Waals surface area contributed by atoms with Crippen molar-refractivity contribution in [3.63, 3.8) is 0 Å². The number of nitrogens with zero attached hydrogens (tertiary/aromatic N) is 1. The van der Waals surface area contributed by atoms with Crippen LogP contribution in [-0.2, 0) is 6.54 Å². The summed E-state index contributed by atoms with van der Waals surface area (Å²) in [5.41, 5.74) is 0.804. The monoisotopic (exact) mass is 261 g/mol. The smallest absolute Gasteiger partial charge is 0.142 e. The highest BCUT2D eigenvalue weighted by molar-refractivity contribution is 6.30. The fourth-order valence-electron chi connectivity index (χ4n) is 1.60. The molecule has 1 aromatic rings. The molecule has 0 saturated carbocycles. The van der Waals surface area contributed by atoms with Crippen molar-refractivity contribution in [1.82, 2.24) is 4.90 Å². The van der Waals surface area contributed by atoms with Crippen LogP contribution >= 0.6 is 11.6 Å². The molecule has 3 nitrogen and oxygen atoms in total. The fraction of sp³-hybridized carbons (Fsp3) is 0.500. The molecular weight excluding hydrogens is 245 g/mol. The summed E-state index contributed by atoms with van der Waals surface area (Å²) in [4.78, 5) is 1.96. The van der Waals surface area contributed by atoms with E-state index in [1.165, 1.54) is 12.1 Å². The van der Waals surface area contributed by atoms with Crippen molar-refractivity contribution in [3.05, 3.63) is 34.6 Å². The average molecular weight is 262 g/mol. The van der Waals surface area contributed by atoms with Gasteiger partial charge < -0.3 is 10.2 Å². The van der Waals surface area contributed by atoms with E-state index in [-0.39, 0.29) is 18.2 Å². The molecule has 1 rings (SSSR count). The van der Waals surface area contributed by atoms with E-state index in [4.69, 9.17) is 21.8 Å². The maximum absolute atomic E-state index is 13.2. The Balaban J connectivity index is 2.61. The summed E-state index contributed by atoms with van der Waals surface area (Å²) in [5.74, 6) is -0.435. The first kappa shape index (κ1) is 14.4. The first-order chi connectivity index (χ1) is 8.17. The highest BCUT2D eigenvalue weighted by Crippen LogP contribution is 2.16. The lowest BCUT2D eigenvalue weighted by Crippen LogP contribution is -2.28. The van der Waals surface area contributed by atoms with Gasteiger partial charge in [-0.15, -0.1) is 0 Å². The van der Waals surface area contributed by atoms with Gasteiger partial charge in [-0.25, -0.2) is 4.39 Å². The zero-order valence-corrected chi connectivity index (χ0v) is 10.3. The van der Waals surface area contributed by atoms with Crippen LogP contribution in [0.15, 0.2) is 18.2 Å². The minimum absolute atomic E-state index is 0.0432. The largest absolute Gasteiger partial charge is 0.396 e. The van der Waals surface area contributed by atoms with Gasteiger partial charge in [0.05, 0.1) is 11.6 Å². The summed E-state index contributed by atoms with van der Waals surface area (Å²) in [6.45, 7) is 1.86.